The fourth-order valence-electron chi connectivity index (χ4n) is 3.15. The number of benzene rings is 1. The van der Waals surface area contributed by atoms with Gasteiger partial charge in [0.1, 0.15) is 11.4 Å². The number of nitrogens with one attached hydrogen (secondary N) is 1. The zero-order valence-electron chi connectivity index (χ0n) is 15.1. The summed E-state index contributed by atoms with van der Waals surface area (Å²) < 4.78 is 6.93. The van der Waals surface area contributed by atoms with Gasteiger partial charge in [0.05, 0.1) is 12.8 Å². The zero-order chi connectivity index (χ0) is 18.5. The molecule has 1 aromatic carbocycles. The Balaban J connectivity index is 1.71. The molecule has 0 saturated carbocycles. The van der Waals surface area contributed by atoms with Crippen LogP contribution in [0.2, 0.25) is 5.02 Å². The second kappa shape index (κ2) is 8.36. The average Bonchev–Trinajstić information content (AvgIpc) is 3.04. The molecule has 1 N–H and O–H groups in total. The largest absolute Gasteiger partial charge is 0.494 e. The first-order valence-corrected chi connectivity index (χ1v) is 9.20. The van der Waals surface area contributed by atoms with Gasteiger partial charge in [-0.2, -0.15) is 0 Å². The van der Waals surface area contributed by atoms with Crippen molar-refractivity contribution in [1.82, 2.24) is 20.3 Å². The molecule has 0 spiro atoms. The molecule has 0 radical (unpaired) electrons. The molecule has 1 aromatic heterocycles. The summed E-state index contributed by atoms with van der Waals surface area (Å²) in [6.45, 7) is 2.41. The van der Waals surface area contributed by atoms with Gasteiger partial charge in [0.25, 0.3) is 5.91 Å². The molecule has 0 bridgehead atoms. The van der Waals surface area contributed by atoms with Gasteiger partial charge in [-0.1, -0.05) is 28.5 Å². The molecular formula is C19H23ClN4O2. The highest BCUT2D eigenvalue weighted by molar-refractivity contribution is 6.30. The molecule has 0 atom stereocenters. The fraction of sp³-hybridized carbons (Fsp3) is 0.421. The maximum Gasteiger partial charge on any atom is 0.273 e. The molecule has 3 rings (SSSR count). The number of methoxy groups -OCH3 is 1. The van der Waals surface area contributed by atoms with Gasteiger partial charge in [-0.25, -0.2) is 4.68 Å². The van der Waals surface area contributed by atoms with Gasteiger partial charge in [0.15, 0.2) is 5.69 Å². The minimum Gasteiger partial charge on any atom is -0.494 e. The standard InChI is InChI=1S/C19H23ClN4O2/c1-13-18(19(25)21-11-10-14-6-4-3-5-7-14)22-23-24(13)16-12-15(20)8-9-17(16)26-2/h6,8-9,12H,3-5,7,10-11H2,1-2H3,(H,21,25). The Labute approximate surface area is 158 Å². The number of hydrogen-bond donors (Lipinski definition) is 1. The van der Waals surface area contributed by atoms with Crippen molar-refractivity contribution in [2.75, 3.05) is 13.7 Å². The van der Waals surface area contributed by atoms with Gasteiger partial charge in [-0.3, -0.25) is 4.79 Å². The van der Waals surface area contributed by atoms with Crippen molar-refractivity contribution in [3.05, 3.63) is 46.3 Å². The molecule has 0 aliphatic heterocycles. The third-order valence-electron chi connectivity index (χ3n) is 4.60. The van der Waals surface area contributed by atoms with E-state index < -0.39 is 0 Å². The number of amides is 1. The lowest BCUT2D eigenvalue weighted by Crippen LogP contribution is -2.26. The van der Waals surface area contributed by atoms with Crippen LogP contribution in [-0.4, -0.2) is 34.6 Å². The highest BCUT2D eigenvalue weighted by atomic mass is 35.5. The fourth-order valence-corrected chi connectivity index (χ4v) is 3.31. The first-order valence-electron chi connectivity index (χ1n) is 8.82. The van der Waals surface area contributed by atoms with E-state index in [-0.39, 0.29) is 5.91 Å². The van der Waals surface area contributed by atoms with E-state index in [1.54, 1.807) is 36.9 Å². The summed E-state index contributed by atoms with van der Waals surface area (Å²) >= 11 is 6.09. The van der Waals surface area contributed by atoms with Crippen LogP contribution in [0.1, 0.15) is 48.3 Å². The Bertz CT molecular complexity index is 829. The molecule has 2 aromatic rings. The van der Waals surface area contributed by atoms with Crippen molar-refractivity contribution < 1.29 is 9.53 Å². The number of rotatable bonds is 6. The Morgan fingerprint density at radius 2 is 2.23 bits per heavy atom. The van der Waals surface area contributed by atoms with Gasteiger partial charge in [-0.05, 0) is 57.2 Å². The van der Waals surface area contributed by atoms with Crippen LogP contribution in [0.25, 0.3) is 5.69 Å². The molecule has 6 nitrogen and oxygen atoms in total. The SMILES string of the molecule is COc1ccc(Cl)cc1-n1nnc(C(=O)NCCC2=CCCCC2)c1C. The molecular weight excluding hydrogens is 352 g/mol. The van der Waals surface area contributed by atoms with E-state index in [1.165, 1.54) is 18.4 Å². The Morgan fingerprint density at radius 3 is 2.96 bits per heavy atom. The van der Waals surface area contributed by atoms with Crippen molar-refractivity contribution in [2.24, 2.45) is 0 Å². The van der Waals surface area contributed by atoms with E-state index in [4.69, 9.17) is 16.3 Å². The molecule has 0 fully saturated rings. The summed E-state index contributed by atoms with van der Waals surface area (Å²) in [4.78, 5) is 12.5. The van der Waals surface area contributed by atoms with E-state index in [1.807, 2.05) is 0 Å². The molecule has 1 heterocycles. The molecule has 0 unspecified atom stereocenters. The third-order valence-corrected chi connectivity index (χ3v) is 4.83. The topological polar surface area (TPSA) is 69.0 Å². The monoisotopic (exact) mass is 374 g/mol. The van der Waals surface area contributed by atoms with Crippen molar-refractivity contribution in [1.29, 1.82) is 0 Å². The summed E-state index contributed by atoms with van der Waals surface area (Å²) in [7, 11) is 1.58. The predicted molar refractivity (Wildman–Crippen MR) is 101 cm³/mol. The minimum atomic E-state index is -0.217. The van der Waals surface area contributed by atoms with E-state index in [9.17, 15) is 4.79 Å². The third kappa shape index (κ3) is 4.07. The normalized spacial score (nSPS) is 14.0. The van der Waals surface area contributed by atoms with E-state index in [2.05, 4.69) is 21.7 Å². The predicted octanol–water partition coefficient (Wildman–Crippen LogP) is 3.86. The summed E-state index contributed by atoms with van der Waals surface area (Å²) in [5, 5.41) is 11.7. The molecule has 7 heteroatoms. The molecule has 1 aliphatic rings. The quantitative estimate of drug-likeness (QED) is 0.779. The number of carbonyl (C=O) groups is 1. The van der Waals surface area contributed by atoms with E-state index in [0.29, 0.717) is 34.4 Å². The van der Waals surface area contributed by atoms with Crippen LogP contribution in [0.4, 0.5) is 0 Å². The zero-order valence-corrected chi connectivity index (χ0v) is 15.8. The summed E-state index contributed by atoms with van der Waals surface area (Å²) in [6.07, 6.45) is 7.99. The molecule has 26 heavy (non-hydrogen) atoms. The minimum absolute atomic E-state index is 0.217. The highest BCUT2D eigenvalue weighted by Crippen LogP contribution is 2.27. The van der Waals surface area contributed by atoms with Gasteiger partial charge in [0, 0.05) is 11.6 Å². The Morgan fingerprint density at radius 1 is 1.38 bits per heavy atom. The van der Waals surface area contributed by atoms with Gasteiger partial charge >= 0.3 is 0 Å². The number of carbonyl (C=O) groups excluding carboxylic acids is 1. The molecule has 138 valence electrons. The first-order chi connectivity index (χ1) is 12.6. The van der Waals surface area contributed by atoms with Gasteiger partial charge in [-0.15, -0.1) is 5.10 Å². The lowest BCUT2D eigenvalue weighted by molar-refractivity contribution is 0.0948. The highest BCUT2D eigenvalue weighted by Gasteiger charge is 2.19. The summed E-state index contributed by atoms with van der Waals surface area (Å²) in [5.74, 6) is 0.393. The van der Waals surface area contributed by atoms with Crippen LogP contribution >= 0.6 is 11.6 Å². The molecule has 1 aliphatic carbocycles. The van der Waals surface area contributed by atoms with Gasteiger partial charge < -0.3 is 10.1 Å². The Hall–Kier alpha value is -2.34. The smallest absolute Gasteiger partial charge is 0.273 e. The second-order valence-electron chi connectivity index (χ2n) is 6.37. The van der Waals surface area contributed by atoms with Crippen LogP contribution in [0.3, 0.4) is 0 Å². The maximum atomic E-state index is 12.5. The Kier molecular flexibility index (Phi) is 5.93. The maximum absolute atomic E-state index is 12.5. The molecule has 0 saturated heterocycles. The van der Waals surface area contributed by atoms with Crippen LogP contribution in [0.15, 0.2) is 29.8 Å². The summed E-state index contributed by atoms with van der Waals surface area (Å²) in [6, 6.07) is 5.24. The van der Waals surface area contributed by atoms with Crippen LogP contribution in [-0.2, 0) is 0 Å². The van der Waals surface area contributed by atoms with Crippen LogP contribution in [0.5, 0.6) is 5.75 Å². The number of hydrogen-bond acceptors (Lipinski definition) is 4. The average molecular weight is 375 g/mol. The first kappa shape index (κ1) is 18.5. The lowest BCUT2D eigenvalue weighted by Gasteiger charge is -2.12. The van der Waals surface area contributed by atoms with Crippen molar-refractivity contribution >= 4 is 17.5 Å². The number of aromatic nitrogens is 3. The second-order valence-corrected chi connectivity index (χ2v) is 6.80. The number of halogens is 1. The number of allylic oxidation sites excluding steroid dienone is 1. The number of ether oxygens (including phenoxy) is 1. The van der Waals surface area contributed by atoms with Crippen molar-refractivity contribution in [3.8, 4) is 11.4 Å². The van der Waals surface area contributed by atoms with Gasteiger partial charge in [0.2, 0.25) is 0 Å². The lowest BCUT2D eigenvalue weighted by atomic mass is 9.97. The summed E-state index contributed by atoms with van der Waals surface area (Å²) in [5.41, 5.74) is 3.03. The molecule has 1 amide bonds. The van der Waals surface area contributed by atoms with Crippen LogP contribution < -0.4 is 10.1 Å². The van der Waals surface area contributed by atoms with Crippen molar-refractivity contribution in [3.63, 3.8) is 0 Å². The van der Waals surface area contributed by atoms with Crippen LogP contribution in [0, 0.1) is 6.92 Å². The van der Waals surface area contributed by atoms with E-state index in [0.717, 1.165) is 19.3 Å². The number of nitrogens with zero attached hydrogens (tertiary/aromatic N) is 3. The van der Waals surface area contributed by atoms with E-state index >= 15 is 0 Å². The van der Waals surface area contributed by atoms with Crippen molar-refractivity contribution in [2.45, 2.75) is 39.0 Å².